The molecule has 6 heteroatoms. The van der Waals surface area contributed by atoms with Gasteiger partial charge in [0.25, 0.3) is 0 Å². The molecule has 0 spiro atoms. The minimum atomic E-state index is -0.340. The Morgan fingerprint density at radius 2 is 1.94 bits per heavy atom. The van der Waals surface area contributed by atoms with E-state index in [2.05, 4.69) is 4.74 Å². The topological polar surface area (TPSA) is 81.9 Å². The predicted octanol–water partition coefficient (Wildman–Crippen LogP) is -0.382. The molecule has 0 aliphatic heterocycles. The number of rotatable bonds is 7. The Hall–Kier alpha value is -1.14. The largest absolute Gasteiger partial charge is 0.469 e. The van der Waals surface area contributed by atoms with Crippen LogP contribution in [0.4, 0.5) is 0 Å². The van der Waals surface area contributed by atoms with E-state index in [-0.39, 0.29) is 30.3 Å². The van der Waals surface area contributed by atoms with Crippen LogP contribution in [0.3, 0.4) is 0 Å². The first-order valence-electron chi connectivity index (χ1n) is 5.50. The van der Waals surface area contributed by atoms with Crippen LogP contribution in [-0.2, 0) is 19.1 Å². The lowest BCUT2D eigenvalue weighted by molar-refractivity contribution is -0.146. The molecule has 0 aliphatic rings. The van der Waals surface area contributed by atoms with Crippen LogP contribution in [0.25, 0.3) is 0 Å². The summed E-state index contributed by atoms with van der Waals surface area (Å²) in [6.45, 7) is 2.33. The molecule has 2 atom stereocenters. The number of esters is 1. The van der Waals surface area contributed by atoms with Crippen molar-refractivity contribution < 1.29 is 19.1 Å². The van der Waals surface area contributed by atoms with Crippen molar-refractivity contribution in [1.82, 2.24) is 4.90 Å². The van der Waals surface area contributed by atoms with Gasteiger partial charge in [0.05, 0.1) is 25.6 Å². The van der Waals surface area contributed by atoms with Gasteiger partial charge in [-0.15, -0.1) is 0 Å². The van der Waals surface area contributed by atoms with Crippen molar-refractivity contribution in [2.24, 2.45) is 11.7 Å². The van der Waals surface area contributed by atoms with Crippen molar-refractivity contribution >= 4 is 11.9 Å². The lowest BCUT2D eigenvalue weighted by Crippen LogP contribution is -2.37. The van der Waals surface area contributed by atoms with E-state index in [9.17, 15) is 9.59 Å². The Morgan fingerprint density at radius 3 is 2.35 bits per heavy atom. The predicted molar refractivity (Wildman–Crippen MR) is 63.3 cm³/mol. The van der Waals surface area contributed by atoms with Gasteiger partial charge >= 0.3 is 5.97 Å². The number of carbonyl (C=O) groups is 2. The molecule has 0 aromatic carbocycles. The molecule has 0 saturated carbocycles. The van der Waals surface area contributed by atoms with E-state index in [0.717, 1.165) is 0 Å². The standard InChI is InChI=1S/C11H22N2O4/c1-8(11(15)17-4)7-13(2)10(14)5-9(6-12)16-3/h8-9H,5-7,12H2,1-4H3. The highest BCUT2D eigenvalue weighted by Crippen LogP contribution is 2.04. The molecule has 6 nitrogen and oxygen atoms in total. The molecule has 0 saturated heterocycles. The van der Waals surface area contributed by atoms with E-state index in [4.69, 9.17) is 10.5 Å². The zero-order chi connectivity index (χ0) is 13.4. The second-order valence-corrected chi connectivity index (χ2v) is 4.00. The smallest absolute Gasteiger partial charge is 0.310 e. The summed E-state index contributed by atoms with van der Waals surface area (Å²) >= 11 is 0. The molecule has 0 heterocycles. The number of hydrogen-bond donors (Lipinski definition) is 1. The quantitative estimate of drug-likeness (QED) is 0.619. The molecule has 0 aromatic rings. The van der Waals surface area contributed by atoms with Gasteiger partial charge in [-0.05, 0) is 0 Å². The first-order chi connectivity index (χ1) is 7.96. The second kappa shape index (κ2) is 8.03. The van der Waals surface area contributed by atoms with Gasteiger partial charge in [0, 0.05) is 27.2 Å². The minimum absolute atomic E-state index is 0.0990. The molecule has 0 radical (unpaired) electrons. The highest BCUT2D eigenvalue weighted by molar-refractivity contribution is 5.78. The third-order valence-corrected chi connectivity index (χ3v) is 2.58. The lowest BCUT2D eigenvalue weighted by atomic mass is 10.1. The molecule has 1 amide bonds. The molecule has 0 rings (SSSR count). The van der Waals surface area contributed by atoms with Crippen LogP contribution in [0.15, 0.2) is 0 Å². The summed E-state index contributed by atoms with van der Waals surface area (Å²) < 4.78 is 9.62. The highest BCUT2D eigenvalue weighted by Gasteiger charge is 2.20. The summed E-state index contributed by atoms with van der Waals surface area (Å²) in [4.78, 5) is 24.4. The fourth-order valence-corrected chi connectivity index (χ4v) is 1.40. The van der Waals surface area contributed by atoms with Crippen molar-refractivity contribution in [2.45, 2.75) is 19.4 Å². The molecular formula is C11H22N2O4. The average molecular weight is 246 g/mol. The summed E-state index contributed by atoms with van der Waals surface area (Å²) in [6, 6.07) is 0. The van der Waals surface area contributed by atoms with Crippen LogP contribution < -0.4 is 5.73 Å². The maximum Gasteiger partial charge on any atom is 0.310 e. The fourth-order valence-electron chi connectivity index (χ4n) is 1.40. The van der Waals surface area contributed by atoms with Gasteiger partial charge in [-0.25, -0.2) is 0 Å². The van der Waals surface area contributed by atoms with Crippen LogP contribution in [0.5, 0.6) is 0 Å². The minimum Gasteiger partial charge on any atom is -0.469 e. The maximum atomic E-state index is 11.8. The third kappa shape index (κ3) is 5.65. The Bertz CT molecular complexity index is 254. The summed E-state index contributed by atoms with van der Waals surface area (Å²) in [5, 5.41) is 0. The van der Waals surface area contributed by atoms with Crippen LogP contribution in [-0.4, -0.2) is 57.2 Å². The van der Waals surface area contributed by atoms with Gasteiger partial charge in [-0.1, -0.05) is 6.92 Å². The SMILES string of the molecule is COC(=O)C(C)CN(C)C(=O)CC(CN)OC. The molecule has 2 N–H and O–H groups in total. The molecule has 0 aromatic heterocycles. The van der Waals surface area contributed by atoms with Crippen molar-refractivity contribution in [3.8, 4) is 0 Å². The van der Waals surface area contributed by atoms with E-state index < -0.39 is 0 Å². The van der Waals surface area contributed by atoms with E-state index in [0.29, 0.717) is 13.1 Å². The molecule has 0 fully saturated rings. The Kier molecular flexibility index (Phi) is 7.49. The first kappa shape index (κ1) is 15.9. The van der Waals surface area contributed by atoms with Gasteiger partial charge in [-0.3, -0.25) is 9.59 Å². The molecular weight excluding hydrogens is 224 g/mol. The summed E-state index contributed by atoms with van der Waals surface area (Å²) in [6.07, 6.45) is -0.0596. The third-order valence-electron chi connectivity index (χ3n) is 2.58. The van der Waals surface area contributed by atoms with Gasteiger partial charge in [0.2, 0.25) is 5.91 Å². The van der Waals surface area contributed by atoms with Crippen molar-refractivity contribution in [1.29, 1.82) is 0 Å². The molecule has 100 valence electrons. The number of hydrogen-bond acceptors (Lipinski definition) is 5. The molecule has 2 unspecified atom stereocenters. The zero-order valence-electron chi connectivity index (χ0n) is 10.9. The first-order valence-corrected chi connectivity index (χ1v) is 5.50. The summed E-state index contributed by atoms with van der Waals surface area (Å²) in [5.74, 6) is -0.766. The van der Waals surface area contributed by atoms with Crippen LogP contribution >= 0.6 is 0 Å². The van der Waals surface area contributed by atoms with Crippen LogP contribution in [0.2, 0.25) is 0 Å². The monoisotopic (exact) mass is 246 g/mol. The van der Waals surface area contributed by atoms with E-state index in [1.165, 1.54) is 19.1 Å². The van der Waals surface area contributed by atoms with Gasteiger partial charge in [-0.2, -0.15) is 0 Å². The van der Waals surface area contributed by atoms with Crippen molar-refractivity contribution in [3.63, 3.8) is 0 Å². The normalized spacial score (nSPS) is 13.9. The number of carbonyl (C=O) groups excluding carboxylic acids is 2. The Labute approximate surface area is 102 Å². The number of amides is 1. The number of methoxy groups -OCH3 is 2. The molecule has 17 heavy (non-hydrogen) atoms. The second-order valence-electron chi connectivity index (χ2n) is 4.00. The zero-order valence-corrected chi connectivity index (χ0v) is 10.9. The van der Waals surface area contributed by atoms with Crippen LogP contribution in [0.1, 0.15) is 13.3 Å². The van der Waals surface area contributed by atoms with Gasteiger partial charge < -0.3 is 20.1 Å². The Morgan fingerprint density at radius 1 is 1.35 bits per heavy atom. The Balaban J connectivity index is 4.17. The van der Waals surface area contributed by atoms with E-state index in [1.54, 1.807) is 14.0 Å². The van der Waals surface area contributed by atoms with Gasteiger partial charge in [0.15, 0.2) is 0 Å². The number of ether oxygens (including phenoxy) is 2. The fraction of sp³-hybridized carbons (Fsp3) is 0.818. The van der Waals surface area contributed by atoms with Crippen molar-refractivity contribution in [3.05, 3.63) is 0 Å². The van der Waals surface area contributed by atoms with E-state index in [1.807, 2.05) is 0 Å². The van der Waals surface area contributed by atoms with Crippen LogP contribution in [0, 0.1) is 5.92 Å². The number of nitrogens with two attached hydrogens (primary N) is 1. The molecule has 0 bridgehead atoms. The average Bonchev–Trinajstić information content (AvgIpc) is 2.34. The maximum absolute atomic E-state index is 11.8. The van der Waals surface area contributed by atoms with E-state index >= 15 is 0 Å². The highest BCUT2D eigenvalue weighted by atomic mass is 16.5. The lowest BCUT2D eigenvalue weighted by Gasteiger charge is -2.22. The number of nitrogens with zero attached hydrogens (tertiary/aromatic N) is 1. The van der Waals surface area contributed by atoms with Gasteiger partial charge in [0.1, 0.15) is 0 Å². The molecule has 0 aliphatic carbocycles. The van der Waals surface area contributed by atoms with Crippen molar-refractivity contribution in [2.75, 3.05) is 34.4 Å². The summed E-state index contributed by atoms with van der Waals surface area (Å²) in [5.41, 5.74) is 5.43. The summed E-state index contributed by atoms with van der Waals surface area (Å²) in [7, 11) is 4.49.